The van der Waals surface area contributed by atoms with Crippen molar-refractivity contribution in [3.05, 3.63) is 74.3 Å². The molecule has 0 atom stereocenters. The molecule has 1 N–H and O–H groups in total. The predicted octanol–water partition coefficient (Wildman–Crippen LogP) is 4.39. The average molecular weight is 442 g/mol. The summed E-state index contributed by atoms with van der Waals surface area (Å²) in [7, 11) is 0. The van der Waals surface area contributed by atoms with Crippen molar-refractivity contribution in [2.24, 2.45) is 0 Å². The van der Waals surface area contributed by atoms with Crippen molar-refractivity contribution < 1.29 is 19.1 Å². The number of aryl methyl sites for hydroxylation is 2. The SMILES string of the molecule is CC(=O)c1c(C)[nH]c(C(=O)COC(=O)c2c(C)nn(Cc3ccccc3Cl)c2C)c1C. The first kappa shape index (κ1) is 22.5. The van der Waals surface area contributed by atoms with E-state index in [4.69, 9.17) is 16.3 Å². The Morgan fingerprint density at radius 2 is 1.77 bits per heavy atom. The minimum atomic E-state index is -0.624. The molecule has 0 saturated heterocycles. The maximum atomic E-state index is 12.7. The molecule has 7 nitrogen and oxygen atoms in total. The highest BCUT2D eigenvalue weighted by molar-refractivity contribution is 6.31. The van der Waals surface area contributed by atoms with E-state index in [-0.39, 0.29) is 11.5 Å². The number of H-pyrrole nitrogens is 1. The molecule has 162 valence electrons. The molecule has 0 radical (unpaired) electrons. The van der Waals surface area contributed by atoms with Crippen molar-refractivity contribution in [3.63, 3.8) is 0 Å². The van der Waals surface area contributed by atoms with Gasteiger partial charge in [0.1, 0.15) is 5.56 Å². The Labute approximate surface area is 185 Å². The summed E-state index contributed by atoms with van der Waals surface area (Å²) in [5.41, 5.74) is 4.28. The van der Waals surface area contributed by atoms with Crippen LogP contribution in [0, 0.1) is 27.7 Å². The fourth-order valence-electron chi connectivity index (χ4n) is 3.77. The summed E-state index contributed by atoms with van der Waals surface area (Å²) in [6, 6.07) is 7.42. The van der Waals surface area contributed by atoms with E-state index in [0.717, 1.165) is 5.56 Å². The number of esters is 1. The molecule has 0 unspecified atom stereocenters. The van der Waals surface area contributed by atoms with Crippen LogP contribution in [0.4, 0.5) is 0 Å². The summed E-state index contributed by atoms with van der Waals surface area (Å²) < 4.78 is 6.97. The molecular formula is C23H24ClN3O4. The molecule has 8 heteroatoms. The number of carbonyl (C=O) groups excluding carboxylic acids is 3. The van der Waals surface area contributed by atoms with Gasteiger partial charge in [0, 0.05) is 16.3 Å². The number of nitrogens with zero attached hydrogens (tertiary/aromatic N) is 2. The molecule has 3 aromatic rings. The third-order valence-corrected chi connectivity index (χ3v) is 5.64. The Kier molecular flexibility index (Phi) is 6.45. The van der Waals surface area contributed by atoms with Crippen molar-refractivity contribution in [1.29, 1.82) is 0 Å². The van der Waals surface area contributed by atoms with Crippen molar-refractivity contribution in [3.8, 4) is 0 Å². The largest absolute Gasteiger partial charge is 0.454 e. The number of hydrogen-bond acceptors (Lipinski definition) is 5. The predicted molar refractivity (Wildman–Crippen MR) is 117 cm³/mol. The van der Waals surface area contributed by atoms with E-state index in [1.54, 1.807) is 38.4 Å². The lowest BCUT2D eigenvalue weighted by Crippen LogP contribution is -2.16. The number of halogens is 1. The minimum Gasteiger partial charge on any atom is -0.454 e. The van der Waals surface area contributed by atoms with Crippen LogP contribution >= 0.6 is 11.6 Å². The standard InChI is InChI=1S/C23H24ClN3O4/c1-12-20(16(5)28)13(2)25-22(12)19(29)11-31-23(30)21-14(3)26-27(15(21)4)10-17-8-6-7-9-18(17)24/h6-9,25H,10-11H2,1-5H3. The molecule has 0 fully saturated rings. The van der Waals surface area contributed by atoms with E-state index in [0.29, 0.717) is 45.3 Å². The van der Waals surface area contributed by atoms with Gasteiger partial charge < -0.3 is 9.72 Å². The highest BCUT2D eigenvalue weighted by atomic mass is 35.5. The number of hydrogen-bond donors (Lipinski definition) is 1. The van der Waals surface area contributed by atoms with Crippen LogP contribution in [0.3, 0.4) is 0 Å². The van der Waals surface area contributed by atoms with Crippen LogP contribution in [-0.4, -0.2) is 38.9 Å². The molecule has 2 aromatic heterocycles. The zero-order valence-electron chi connectivity index (χ0n) is 18.1. The number of benzene rings is 1. The molecule has 0 amide bonds. The Morgan fingerprint density at radius 1 is 1.10 bits per heavy atom. The lowest BCUT2D eigenvalue weighted by Gasteiger charge is -2.08. The fourth-order valence-corrected chi connectivity index (χ4v) is 3.96. The molecule has 0 aliphatic rings. The fraction of sp³-hybridized carbons (Fsp3) is 0.304. The maximum absolute atomic E-state index is 12.7. The Bertz CT molecular complexity index is 1190. The van der Waals surface area contributed by atoms with Crippen LogP contribution in [0.5, 0.6) is 0 Å². The van der Waals surface area contributed by atoms with Crippen molar-refractivity contribution in [1.82, 2.24) is 14.8 Å². The first-order chi connectivity index (χ1) is 14.6. The number of carbonyl (C=O) groups is 3. The second kappa shape index (κ2) is 8.89. The highest BCUT2D eigenvalue weighted by Gasteiger charge is 2.24. The summed E-state index contributed by atoms with van der Waals surface area (Å²) in [6.07, 6.45) is 0. The number of ether oxygens (including phenoxy) is 1. The second-order valence-electron chi connectivity index (χ2n) is 7.48. The summed E-state index contributed by atoms with van der Waals surface area (Å²) in [4.78, 5) is 40.0. The smallest absolute Gasteiger partial charge is 0.342 e. The highest BCUT2D eigenvalue weighted by Crippen LogP contribution is 2.21. The van der Waals surface area contributed by atoms with E-state index in [1.807, 2.05) is 18.2 Å². The summed E-state index contributed by atoms with van der Waals surface area (Å²) in [5.74, 6) is -1.15. The number of ketones is 2. The van der Waals surface area contributed by atoms with Crippen LogP contribution in [0.2, 0.25) is 5.02 Å². The van der Waals surface area contributed by atoms with Gasteiger partial charge in [0.25, 0.3) is 0 Å². The average Bonchev–Trinajstić information content (AvgIpc) is 3.16. The topological polar surface area (TPSA) is 94.0 Å². The summed E-state index contributed by atoms with van der Waals surface area (Å²) in [5, 5.41) is 5.05. The normalized spacial score (nSPS) is 10.9. The van der Waals surface area contributed by atoms with Crippen LogP contribution in [0.1, 0.15) is 66.3 Å². The zero-order chi connectivity index (χ0) is 22.9. The second-order valence-corrected chi connectivity index (χ2v) is 7.88. The molecule has 0 aliphatic heterocycles. The van der Waals surface area contributed by atoms with Crippen LogP contribution in [-0.2, 0) is 11.3 Å². The monoisotopic (exact) mass is 441 g/mol. The minimum absolute atomic E-state index is 0.125. The van der Waals surface area contributed by atoms with Crippen molar-refractivity contribution in [2.75, 3.05) is 6.61 Å². The van der Waals surface area contributed by atoms with Gasteiger partial charge in [0.05, 0.1) is 23.6 Å². The van der Waals surface area contributed by atoms with E-state index < -0.39 is 18.4 Å². The zero-order valence-corrected chi connectivity index (χ0v) is 18.9. The molecule has 0 aliphatic carbocycles. The Morgan fingerprint density at radius 3 is 2.39 bits per heavy atom. The van der Waals surface area contributed by atoms with Crippen LogP contribution in [0.25, 0.3) is 0 Å². The summed E-state index contributed by atoms with van der Waals surface area (Å²) >= 11 is 6.23. The molecule has 2 heterocycles. The van der Waals surface area contributed by atoms with Gasteiger partial charge >= 0.3 is 5.97 Å². The third kappa shape index (κ3) is 4.46. The van der Waals surface area contributed by atoms with Crippen molar-refractivity contribution >= 4 is 29.1 Å². The van der Waals surface area contributed by atoms with Gasteiger partial charge in [-0.05, 0) is 51.8 Å². The first-order valence-electron chi connectivity index (χ1n) is 9.79. The van der Waals surface area contributed by atoms with Crippen LogP contribution in [0.15, 0.2) is 24.3 Å². The van der Waals surface area contributed by atoms with Crippen LogP contribution < -0.4 is 0 Å². The van der Waals surface area contributed by atoms with Gasteiger partial charge in [0.2, 0.25) is 5.78 Å². The molecule has 3 rings (SSSR count). The van der Waals surface area contributed by atoms with E-state index in [2.05, 4.69) is 10.1 Å². The molecule has 0 saturated carbocycles. The number of aromatic nitrogens is 3. The van der Waals surface area contributed by atoms with Gasteiger partial charge in [0.15, 0.2) is 12.4 Å². The van der Waals surface area contributed by atoms with E-state index >= 15 is 0 Å². The van der Waals surface area contributed by atoms with Gasteiger partial charge in [-0.15, -0.1) is 0 Å². The van der Waals surface area contributed by atoms with Gasteiger partial charge in [-0.25, -0.2) is 4.79 Å². The Balaban J connectivity index is 1.75. The molecule has 31 heavy (non-hydrogen) atoms. The molecular weight excluding hydrogens is 418 g/mol. The lowest BCUT2D eigenvalue weighted by molar-refractivity contribution is 0.0471. The van der Waals surface area contributed by atoms with Crippen molar-refractivity contribution in [2.45, 2.75) is 41.2 Å². The molecule has 0 spiro atoms. The van der Waals surface area contributed by atoms with Gasteiger partial charge in [-0.2, -0.15) is 5.10 Å². The van der Waals surface area contributed by atoms with E-state index in [1.165, 1.54) is 6.92 Å². The van der Waals surface area contributed by atoms with E-state index in [9.17, 15) is 14.4 Å². The number of aromatic amines is 1. The quantitative estimate of drug-likeness (QED) is 0.433. The number of nitrogens with one attached hydrogen (secondary N) is 1. The number of rotatable bonds is 7. The molecule has 1 aromatic carbocycles. The maximum Gasteiger partial charge on any atom is 0.342 e. The lowest BCUT2D eigenvalue weighted by atomic mass is 10.1. The first-order valence-corrected chi connectivity index (χ1v) is 10.2. The Hall–Kier alpha value is -3.19. The summed E-state index contributed by atoms with van der Waals surface area (Å²) in [6.45, 7) is 8.33. The molecule has 0 bridgehead atoms. The van der Waals surface area contributed by atoms with Gasteiger partial charge in [-0.3, -0.25) is 14.3 Å². The third-order valence-electron chi connectivity index (χ3n) is 5.27. The van der Waals surface area contributed by atoms with Gasteiger partial charge in [-0.1, -0.05) is 29.8 Å². The number of Topliss-reactive ketones (excluding diaryl/α,β-unsaturated/α-hetero) is 2.